The summed E-state index contributed by atoms with van der Waals surface area (Å²) in [5, 5.41) is 5.86. The molecular formula is C24H21N3O3S2. The summed E-state index contributed by atoms with van der Waals surface area (Å²) in [6.07, 6.45) is 3.90. The molecule has 32 heavy (non-hydrogen) atoms. The molecule has 4 aromatic rings. The molecule has 2 aliphatic carbocycles. The van der Waals surface area contributed by atoms with Crippen LogP contribution in [0.3, 0.4) is 0 Å². The predicted octanol–water partition coefficient (Wildman–Crippen LogP) is 4.58. The van der Waals surface area contributed by atoms with E-state index in [4.69, 9.17) is 4.98 Å². The van der Waals surface area contributed by atoms with E-state index in [9.17, 15) is 13.2 Å². The van der Waals surface area contributed by atoms with Crippen molar-refractivity contribution in [2.24, 2.45) is 0 Å². The van der Waals surface area contributed by atoms with Crippen molar-refractivity contribution < 1.29 is 13.2 Å². The Balaban J connectivity index is 1.27. The molecule has 1 N–H and O–H groups in total. The first-order valence-electron chi connectivity index (χ1n) is 10.7. The van der Waals surface area contributed by atoms with Gasteiger partial charge in [-0.3, -0.25) is 10.1 Å². The van der Waals surface area contributed by atoms with Crippen molar-refractivity contribution >= 4 is 53.4 Å². The number of benzene rings is 3. The maximum absolute atomic E-state index is 12.8. The highest BCUT2D eigenvalue weighted by atomic mass is 32.2. The van der Waals surface area contributed by atoms with Gasteiger partial charge in [0.05, 0.1) is 15.1 Å². The Morgan fingerprint density at radius 3 is 2.59 bits per heavy atom. The average Bonchev–Trinajstić information content (AvgIpc) is 3.44. The summed E-state index contributed by atoms with van der Waals surface area (Å²) in [6, 6.07) is 14.7. The zero-order valence-electron chi connectivity index (χ0n) is 17.5. The Labute approximate surface area is 189 Å². The molecule has 0 saturated heterocycles. The first-order valence-corrected chi connectivity index (χ1v) is 12.9. The molecule has 1 aromatic heterocycles. The van der Waals surface area contributed by atoms with Crippen molar-refractivity contribution in [3.63, 3.8) is 0 Å². The first kappa shape index (κ1) is 19.8. The molecule has 2 aliphatic rings. The molecule has 1 heterocycles. The molecule has 0 spiro atoms. The van der Waals surface area contributed by atoms with Crippen molar-refractivity contribution in [1.29, 1.82) is 0 Å². The fraction of sp³-hybridized carbons (Fsp3) is 0.250. The van der Waals surface area contributed by atoms with Crippen LogP contribution in [0.15, 0.2) is 53.4 Å². The molecule has 1 fully saturated rings. The van der Waals surface area contributed by atoms with Gasteiger partial charge in [-0.05, 0) is 72.5 Å². The summed E-state index contributed by atoms with van der Waals surface area (Å²) >= 11 is 1.46. The Hall–Kier alpha value is -2.81. The SMILES string of the molecule is CN(C1CC1)S(=O)(=O)c1ccc(C(=O)Nc2nc3c(cc4c5c(cccc53)CC4)s2)cc1. The van der Waals surface area contributed by atoms with Crippen molar-refractivity contribution in [1.82, 2.24) is 9.29 Å². The zero-order valence-corrected chi connectivity index (χ0v) is 19.1. The van der Waals surface area contributed by atoms with Gasteiger partial charge in [-0.1, -0.05) is 29.5 Å². The Morgan fingerprint density at radius 2 is 1.84 bits per heavy atom. The summed E-state index contributed by atoms with van der Waals surface area (Å²) in [7, 11) is -1.92. The molecule has 162 valence electrons. The Bertz CT molecular complexity index is 1500. The van der Waals surface area contributed by atoms with Gasteiger partial charge in [-0.25, -0.2) is 13.4 Å². The smallest absolute Gasteiger partial charge is 0.257 e. The summed E-state index contributed by atoms with van der Waals surface area (Å²) in [6.45, 7) is 0. The summed E-state index contributed by atoms with van der Waals surface area (Å²) in [4.78, 5) is 17.7. The van der Waals surface area contributed by atoms with Gasteiger partial charge in [-0.15, -0.1) is 0 Å². The molecular weight excluding hydrogens is 442 g/mol. The van der Waals surface area contributed by atoms with E-state index in [0.717, 1.165) is 41.3 Å². The summed E-state index contributed by atoms with van der Waals surface area (Å²) in [5.41, 5.74) is 4.02. The highest BCUT2D eigenvalue weighted by Gasteiger charge is 2.35. The van der Waals surface area contributed by atoms with Crippen LogP contribution in [0.4, 0.5) is 5.13 Å². The number of thiazole rings is 1. The number of carbonyl (C=O) groups is 1. The number of fused-ring (bicyclic) bond motifs is 2. The number of nitrogens with one attached hydrogen (secondary N) is 1. The largest absolute Gasteiger partial charge is 0.298 e. The monoisotopic (exact) mass is 463 g/mol. The second-order valence-electron chi connectivity index (χ2n) is 8.47. The minimum atomic E-state index is -3.53. The Kier molecular flexibility index (Phi) is 4.40. The molecule has 0 atom stereocenters. The van der Waals surface area contributed by atoms with Gasteiger partial charge in [0.25, 0.3) is 5.91 Å². The van der Waals surface area contributed by atoms with E-state index >= 15 is 0 Å². The third kappa shape index (κ3) is 3.13. The minimum Gasteiger partial charge on any atom is -0.298 e. The van der Waals surface area contributed by atoms with Crippen LogP contribution in [0.1, 0.15) is 34.3 Å². The first-order chi connectivity index (χ1) is 15.4. The summed E-state index contributed by atoms with van der Waals surface area (Å²) < 4.78 is 27.8. The maximum Gasteiger partial charge on any atom is 0.257 e. The second-order valence-corrected chi connectivity index (χ2v) is 11.5. The number of aromatic nitrogens is 1. The Morgan fingerprint density at radius 1 is 1.09 bits per heavy atom. The molecule has 1 saturated carbocycles. The van der Waals surface area contributed by atoms with Crippen molar-refractivity contribution in [2.75, 3.05) is 12.4 Å². The topological polar surface area (TPSA) is 79.4 Å². The maximum atomic E-state index is 12.8. The number of sulfonamides is 1. The van der Waals surface area contributed by atoms with Crippen LogP contribution in [0.5, 0.6) is 0 Å². The second kappa shape index (κ2) is 7.10. The lowest BCUT2D eigenvalue weighted by molar-refractivity contribution is 0.102. The van der Waals surface area contributed by atoms with Gasteiger partial charge < -0.3 is 0 Å². The lowest BCUT2D eigenvalue weighted by Crippen LogP contribution is -2.29. The molecule has 3 aromatic carbocycles. The number of nitrogens with zero attached hydrogens (tertiary/aromatic N) is 2. The number of rotatable bonds is 5. The van der Waals surface area contributed by atoms with Gasteiger partial charge in [0.2, 0.25) is 10.0 Å². The van der Waals surface area contributed by atoms with E-state index in [2.05, 4.69) is 29.6 Å². The van der Waals surface area contributed by atoms with E-state index in [1.807, 2.05) is 0 Å². The van der Waals surface area contributed by atoms with Gasteiger partial charge >= 0.3 is 0 Å². The van der Waals surface area contributed by atoms with Crippen LogP contribution in [0.25, 0.3) is 21.0 Å². The lowest BCUT2D eigenvalue weighted by Gasteiger charge is -2.16. The number of carbonyl (C=O) groups excluding carboxylic acids is 1. The van der Waals surface area contributed by atoms with Gasteiger partial charge in [0.15, 0.2) is 5.13 Å². The third-order valence-corrected chi connectivity index (χ3v) is 9.27. The summed E-state index contributed by atoms with van der Waals surface area (Å²) in [5.74, 6) is -0.305. The van der Waals surface area contributed by atoms with E-state index in [1.165, 1.54) is 44.3 Å². The standard InChI is InChI=1S/C24H21N3O3S2/c1-27(17-9-10-17)32(29,30)18-11-7-15(8-12-18)23(28)26-24-25-22-19-4-2-3-14-5-6-16(21(14)19)13-20(22)31-24/h2-4,7-8,11-13,17H,5-6,9-10H2,1H3,(H,25,26,28). The average molecular weight is 464 g/mol. The van der Waals surface area contributed by atoms with Gasteiger partial charge in [-0.2, -0.15) is 4.31 Å². The van der Waals surface area contributed by atoms with Crippen LogP contribution in [0, 0.1) is 0 Å². The fourth-order valence-electron chi connectivity index (χ4n) is 4.51. The third-order valence-electron chi connectivity index (χ3n) is 6.42. The van der Waals surface area contributed by atoms with Crippen LogP contribution < -0.4 is 5.32 Å². The van der Waals surface area contributed by atoms with E-state index in [-0.39, 0.29) is 16.8 Å². The fourth-order valence-corrected chi connectivity index (χ4v) is 6.86. The molecule has 0 aliphatic heterocycles. The number of aryl methyl sites for hydroxylation is 2. The highest BCUT2D eigenvalue weighted by Crippen LogP contribution is 2.39. The molecule has 0 bridgehead atoms. The van der Waals surface area contributed by atoms with E-state index < -0.39 is 10.0 Å². The van der Waals surface area contributed by atoms with E-state index in [0.29, 0.717) is 10.7 Å². The number of hydrogen-bond acceptors (Lipinski definition) is 5. The minimum absolute atomic E-state index is 0.0926. The van der Waals surface area contributed by atoms with Crippen molar-refractivity contribution in [3.8, 4) is 0 Å². The molecule has 8 heteroatoms. The quantitative estimate of drug-likeness (QED) is 0.470. The number of hydrogen-bond donors (Lipinski definition) is 1. The molecule has 0 radical (unpaired) electrons. The molecule has 6 rings (SSSR count). The highest BCUT2D eigenvalue weighted by molar-refractivity contribution is 7.89. The normalized spacial score (nSPS) is 15.7. The zero-order chi connectivity index (χ0) is 22.0. The van der Waals surface area contributed by atoms with Crippen LogP contribution >= 0.6 is 11.3 Å². The van der Waals surface area contributed by atoms with Crippen LogP contribution in [-0.4, -0.2) is 36.7 Å². The number of anilines is 1. The van der Waals surface area contributed by atoms with E-state index in [1.54, 1.807) is 19.2 Å². The number of amides is 1. The molecule has 1 amide bonds. The van der Waals surface area contributed by atoms with Gasteiger partial charge in [0, 0.05) is 24.0 Å². The molecule has 6 nitrogen and oxygen atoms in total. The van der Waals surface area contributed by atoms with Crippen LogP contribution in [-0.2, 0) is 22.9 Å². The van der Waals surface area contributed by atoms with Gasteiger partial charge in [0.1, 0.15) is 0 Å². The lowest BCUT2D eigenvalue weighted by atomic mass is 10.0. The van der Waals surface area contributed by atoms with Crippen molar-refractivity contribution in [3.05, 3.63) is 65.2 Å². The molecule has 0 unspecified atom stereocenters. The van der Waals surface area contributed by atoms with Crippen molar-refractivity contribution in [2.45, 2.75) is 36.6 Å². The predicted molar refractivity (Wildman–Crippen MR) is 127 cm³/mol. The van der Waals surface area contributed by atoms with Crippen LogP contribution in [0.2, 0.25) is 0 Å².